The lowest BCUT2D eigenvalue weighted by Crippen LogP contribution is -2.34. The van der Waals surface area contributed by atoms with Crippen LogP contribution in [0.2, 0.25) is 0 Å². The number of rotatable bonds is 9. The van der Waals surface area contributed by atoms with E-state index in [1.807, 2.05) is 48.5 Å². The number of hydrogen-bond acceptors (Lipinski definition) is 4. The Morgan fingerprint density at radius 3 is 2.28 bits per heavy atom. The van der Waals surface area contributed by atoms with Gasteiger partial charge >= 0.3 is 6.03 Å². The van der Waals surface area contributed by atoms with Crippen LogP contribution in [0, 0.1) is 0 Å². The summed E-state index contributed by atoms with van der Waals surface area (Å²) in [6, 6.07) is 15.0. The van der Waals surface area contributed by atoms with Crippen molar-refractivity contribution in [3.63, 3.8) is 0 Å². The first-order valence-electron chi connectivity index (χ1n) is 8.06. The van der Waals surface area contributed by atoms with Gasteiger partial charge in [-0.1, -0.05) is 24.3 Å². The second-order valence-corrected chi connectivity index (χ2v) is 5.37. The zero-order chi connectivity index (χ0) is 17.9. The average molecular weight is 344 g/mol. The number of urea groups is 1. The van der Waals surface area contributed by atoms with Crippen LogP contribution in [0.15, 0.2) is 48.5 Å². The average Bonchev–Trinajstić information content (AvgIpc) is 2.66. The summed E-state index contributed by atoms with van der Waals surface area (Å²) in [5.41, 5.74) is 1.97. The van der Waals surface area contributed by atoms with E-state index in [1.165, 1.54) is 0 Å². The summed E-state index contributed by atoms with van der Waals surface area (Å²) >= 11 is 0. The fourth-order valence-corrected chi connectivity index (χ4v) is 2.16. The Kier molecular flexibility index (Phi) is 7.59. The number of nitrogens with one attached hydrogen (secondary N) is 2. The van der Waals surface area contributed by atoms with Gasteiger partial charge < -0.3 is 24.8 Å². The molecule has 0 bridgehead atoms. The summed E-state index contributed by atoms with van der Waals surface area (Å²) < 4.78 is 15.6. The van der Waals surface area contributed by atoms with E-state index in [0.29, 0.717) is 26.3 Å². The third-order valence-corrected chi connectivity index (χ3v) is 3.52. The Balaban J connectivity index is 1.74. The summed E-state index contributed by atoms with van der Waals surface area (Å²) in [6.07, 6.45) is 0. The van der Waals surface area contributed by atoms with Crippen molar-refractivity contribution in [2.45, 2.75) is 13.1 Å². The quantitative estimate of drug-likeness (QED) is 0.686. The third-order valence-electron chi connectivity index (χ3n) is 3.52. The van der Waals surface area contributed by atoms with Crippen molar-refractivity contribution in [3.05, 3.63) is 59.7 Å². The molecule has 0 atom stereocenters. The van der Waals surface area contributed by atoms with Gasteiger partial charge in [0, 0.05) is 20.2 Å². The van der Waals surface area contributed by atoms with Crippen molar-refractivity contribution >= 4 is 6.03 Å². The lowest BCUT2D eigenvalue weighted by Gasteiger charge is -2.10. The molecule has 2 amide bonds. The minimum absolute atomic E-state index is 0.221. The lowest BCUT2D eigenvalue weighted by molar-refractivity contribution is 0.146. The number of amides is 2. The second-order valence-electron chi connectivity index (χ2n) is 5.37. The van der Waals surface area contributed by atoms with Gasteiger partial charge in [0.2, 0.25) is 0 Å². The van der Waals surface area contributed by atoms with Gasteiger partial charge in [0.25, 0.3) is 0 Å². The molecule has 0 aliphatic carbocycles. The predicted octanol–water partition coefficient (Wildman–Crippen LogP) is 2.72. The third kappa shape index (κ3) is 6.73. The monoisotopic (exact) mass is 344 g/mol. The lowest BCUT2D eigenvalue weighted by atomic mass is 10.2. The molecule has 0 aliphatic rings. The van der Waals surface area contributed by atoms with Crippen molar-refractivity contribution in [1.29, 1.82) is 0 Å². The Hall–Kier alpha value is -2.73. The highest BCUT2D eigenvalue weighted by molar-refractivity contribution is 5.73. The van der Waals surface area contributed by atoms with Crippen molar-refractivity contribution in [2.75, 3.05) is 27.4 Å². The molecule has 0 spiro atoms. The Morgan fingerprint density at radius 1 is 0.880 bits per heavy atom. The highest BCUT2D eigenvalue weighted by atomic mass is 16.5. The predicted molar refractivity (Wildman–Crippen MR) is 95.9 cm³/mol. The molecule has 134 valence electrons. The van der Waals surface area contributed by atoms with Gasteiger partial charge in [-0.05, 0) is 35.4 Å². The largest absolute Gasteiger partial charge is 0.497 e. The molecule has 2 rings (SSSR count). The van der Waals surface area contributed by atoms with Gasteiger partial charge in [0.1, 0.15) is 18.1 Å². The van der Waals surface area contributed by atoms with E-state index in [4.69, 9.17) is 14.2 Å². The fourth-order valence-electron chi connectivity index (χ4n) is 2.16. The Bertz CT molecular complexity index is 659. The smallest absolute Gasteiger partial charge is 0.315 e. The SMILES string of the molecule is COCCOc1cccc(CNC(=O)NCc2ccc(OC)cc2)c1. The first kappa shape index (κ1) is 18.6. The van der Waals surface area contributed by atoms with Crippen LogP contribution >= 0.6 is 0 Å². The van der Waals surface area contributed by atoms with E-state index in [9.17, 15) is 4.79 Å². The Labute approximate surface area is 148 Å². The van der Waals surface area contributed by atoms with Crippen LogP contribution in [-0.4, -0.2) is 33.5 Å². The molecule has 0 aliphatic heterocycles. The van der Waals surface area contributed by atoms with Crippen molar-refractivity contribution in [3.8, 4) is 11.5 Å². The Morgan fingerprint density at radius 2 is 1.60 bits per heavy atom. The van der Waals surface area contributed by atoms with Crippen LogP contribution in [0.3, 0.4) is 0 Å². The van der Waals surface area contributed by atoms with Gasteiger partial charge in [-0.25, -0.2) is 4.79 Å². The first-order chi connectivity index (χ1) is 12.2. The molecule has 2 aromatic carbocycles. The minimum atomic E-state index is -0.221. The van der Waals surface area contributed by atoms with E-state index in [0.717, 1.165) is 22.6 Å². The minimum Gasteiger partial charge on any atom is -0.497 e. The van der Waals surface area contributed by atoms with E-state index in [2.05, 4.69) is 10.6 Å². The van der Waals surface area contributed by atoms with Crippen molar-refractivity contribution in [1.82, 2.24) is 10.6 Å². The molecule has 0 fully saturated rings. The standard InChI is InChI=1S/C19H24N2O4/c1-23-10-11-25-18-5-3-4-16(12-18)14-21-19(22)20-13-15-6-8-17(24-2)9-7-15/h3-9,12H,10-11,13-14H2,1-2H3,(H2,20,21,22). The first-order valence-corrected chi connectivity index (χ1v) is 8.06. The topological polar surface area (TPSA) is 68.8 Å². The van der Waals surface area contributed by atoms with Crippen LogP contribution in [0.4, 0.5) is 4.79 Å². The number of benzene rings is 2. The maximum absolute atomic E-state index is 11.9. The van der Waals surface area contributed by atoms with Gasteiger partial charge in [0.05, 0.1) is 13.7 Å². The number of carbonyl (C=O) groups excluding carboxylic acids is 1. The second kappa shape index (κ2) is 10.2. The normalized spacial score (nSPS) is 10.2. The molecule has 0 saturated carbocycles. The summed E-state index contributed by atoms with van der Waals surface area (Å²) in [5, 5.41) is 5.66. The molecule has 0 aromatic heterocycles. The molecular formula is C19H24N2O4. The molecular weight excluding hydrogens is 320 g/mol. The number of ether oxygens (including phenoxy) is 3. The van der Waals surface area contributed by atoms with Crippen LogP contribution in [0.1, 0.15) is 11.1 Å². The zero-order valence-electron chi connectivity index (χ0n) is 14.6. The molecule has 0 saturated heterocycles. The van der Waals surface area contributed by atoms with Crippen LogP contribution in [0.5, 0.6) is 11.5 Å². The maximum atomic E-state index is 11.9. The highest BCUT2D eigenvalue weighted by Gasteiger charge is 2.02. The van der Waals surface area contributed by atoms with Gasteiger partial charge in [0.15, 0.2) is 0 Å². The van der Waals surface area contributed by atoms with Crippen LogP contribution < -0.4 is 20.1 Å². The van der Waals surface area contributed by atoms with Crippen LogP contribution in [-0.2, 0) is 17.8 Å². The van der Waals surface area contributed by atoms with Crippen LogP contribution in [0.25, 0.3) is 0 Å². The summed E-state index contributed by atoms with van der Waals surface area (Å²) in [7, 11) is 3.26. The molecule has 2 aromatic rings. The zero-order valence-corrected chi connectivity index (χ0v) is 14.6. The summed E-state index contributed by atoms with van der Waals surface area (Å²) in [4.78, 5) is 11.9. The molecule has 25 heavy (non-hydrogen) atoms. The van der Waals surface area contributed by atoms with Crippen molar-refractivity contribution < 1.29 is 19.0 Å². The highest BCUT2D eigenvalue weighted by Crippen LogP contribution is 2.13. The van der Waals surface area contributed by atoms with Gasteiger partial charge in [-0.15, -0.1) is 0 Å². The molecule has 0 heterocycles. The maximum Gasteiger partial charge on any atom is 0.315 e. The summed E-state index contributed by atoms with van der Waals surface area (Å²) in [5.74, 6) is 1.55. The molecule has 6 heteroatoms. The van der Waals surface area contributed by atoms with Gasteiger partial charge in [-0.3, -0.25) is 0 Å². The van der Waals surface area contributed by atoms with E-state index in [1.54, 1.807) is 14.2 Å². The molecule has 0 radical (unpaired) electrons. The number of hydrogen-bond donors (Lipinski definition) is 2. The van der Waals surface area contributed by atoms with Crippen molar-refractivity contribution in [2.24, 2.45) is 0 Å². The van der Waals surface area contributed by atoms with Gasteiger partial charge in [-0.2, -0.15) is 0 Å². The number of methoxy groups -OCH3 is 2. The summed E-state index contributed by atoms with van der Waals surface area (Å²) in [6.45, 7) is 1.91. The number of carbonyl (C=O) groups is 1. The van der Waals surface area contributed by atoms with E-state index < -0.39 is 0 Å². The fraction of sp³-hybridized carbons (Fsp3) is 0.316. The molecule has 0 unspecified atom stereocenters. The molecule has 2 N–H and O–H groups in total. The molecule has 6 nitrogen and oxygen atoms in total. The van der Waals surface area contributed by atoms with E-state index >= 15 is 0 Å². The van der Waals surface area contributed by atoms with E-state index in [-0.39, 0.29) is 6.03 Å².